The Balaban J connectivity index is 2.09. The van der Waals surface area contributed by atoms with Crippen LogP contribution in [0.2, 0.25) is 0 Å². The Morgan fingerprint density at radius 1 is 1.24 bits per heavy atom. The summed E-state index contributed by atoms with van der Waals surface area (Å²) in [7, 11) is 0. The minimum Gasteiger partial charge on any atom is -0.392 e. The highest BCUT2D eigenvalue weighted by atomic mass is 16.5. The SMILES string of the molecule is CC(O)CN(C(=O)NC(CC1CCOCC1)c1ccccc1)C(C)C. The second-order valence-electron chi connectivity index (χ2n) is 7.30. The van der Waals surface area contributed by atoms with Gasteiger partial charge in [0.1, 0.15) is 0 Å². The zero-order valence-electron chi connectivity index (χ0n) is 15.6. The van der Waals surface area contributed by atoms with Crippen LogP contribution in [0.25, 0.3) is 0 Å². The number of carbonyl (C=O) groups excluding carboxylic acids is 1. The van der Waals surface area contributed by atoms with E-state index < -0.39 is 6.10 Å². The maximum absolute atomic E-state index is 12.8. The summed E-state index contributed by atoms with van der Waals surface area (Å²) >= 11 is 0. The van der Waals surface area contributed by atoms with Crippen molar-refractivity contribution in [2.45, 2.75) is 58.2 Å². The fraction of sp³-hybridized carbons (Fsp3) is 0.650. The molecule has 2 N–H and O–H groups in total. The highest BCUT2D eigenvalue weighted by molar-refractivity contribution is 5.75. The molecular formula is C20H32N2O3. The summed E-state index contributed by atoms with van der Waals surface area (Å²) in [4.78, 5) is 14.5. The van der Waals surface area contributed by atoms with Gasteiger partial charge in [-0.1, -0.05) is 30.3 Å². The lowest BCUT2D eigenvalue weighted by atomic mass is 9.89. The van der Waals surface area contributed by atoms with E-state index in [1.54, 1.807) is 11.8 Å². The van der Waals surface area contributed by atoms with Crippen LogP contribution in [0.3, 0.4) is 0 Å². The largest absolute Gasteiger partial charge is 0.392 e. The molecule has 2 amide bonds. The smallest absolute Gasteiger partial charge is 0.318 e. The number of nitrogens with zero attached hydrogens (tertiary/aromatic N) is 1. The third-order valence-electron chi connectivity index (χ3n) is 4.75. The molecule has 1 fully saturated rings. The summed E-state index contributed by atoms with van der Waals surface area (Å²) in [6.07, 6.45) is 2.46. The Kier molecular flexibility index (Phi) is 7.72. The van der Waals surface area contributed by atoms with Crippen molar-refractivity contribution in [3.8, 4) is 0 Å². The molecule has 1 aromatic rings. The van der Waals surface area contributed by atoms with Gasteiger partial charge in [-0.2, -0.15) is 0 Å². The number of urea groups is 1. The quantitative estimate of drug-likeness (QED) is 0.794. The molecule has 2 atom stereocenters. The Morgan fingerprint density at radius 3 is 2.44 bits per heavy atom. The number of nitrogens with one attached hydrogen (secondary N) is 1. The van der Waals surface area contributed by atoms with Gasteiger partial charge in [-0.15, -0.1) is 0 Å². The third kappa shape index (κ3) is 6.33. The predicted molar refractivity (Wildman–Crippen MR) is 99.4 cm³/mol. The van der Waals surface area contributed by atoms with E-state index in [1.807, 2.05) is 32.0 Å². The summed E-state index contributed by atoms with van der Waals surface area (Å²) in [6.45, 7) is 7.60. The molecule has 0 spiro atoms. The molecule has 0 aromatic heterocycles. The van der Waals surface area contributed by atoms with Crippen molar-refractivity contribution < 1.29 is 14.6 Å². The molecule has 1 heterocycles. The van der Waals surface area contributed by atoms with Crippen LogP contribution in [0.1, 0.15) is 51.6 Å². The molecule has 1 aliphatic rings. The average Bonchev–Trinajstić information content (AvgIpc) is 2.60. The number of aliphatic hydroxyl groups excluding tert-OH is 1. The molecule has 5 heteroatoms. The minimum atomic E-state index is -0.543. The zero-order chi connectivity index (χ0) is 18.2. The molecule has 0 aliphatic carbocycles. The molecule has 2 unspecified atom stereocenters. The van der Waals surface area contributed by atoms with Crippen LogP contribution in [-0.2, 0) is 4.74 Å². The molecule has 1 aromatic carbocycles. The van der Waals surface area contributed by atoms with Crippen molar-refractivity contribution in [1.29, 1.82) is 0 Å². The van der Waals surface area contributed by atoms with E-state index in [0.717, 1.165) is 38.0 Å². The summed E-state index contributed by atoms with van der Waals surface area (Å²) in [6, 6.07) is 10.0. The van der Waals surface area contributed by atoms with Gasteiger partial charge in [-0.05, 0) is 51.5 Å². The normalized spacial score (nSPS) is 18.0. The van der Waals surface area contributed by atoms with E-state index in [1.165, 1.54) is 0 Å². The fourth-order valence-corrected chi connectivity index (χ4v) is 3.32. The standard InChI is InChI=1S/C20H32N2O3/c1-15(2)22(14-16(3)23)20(24)21-19(18-7-5-4-6-8-18)13-17-9-11-25-12-10-17/h4-8,15-17,19,23H,9-14H2,1-3H3,(H,21,24). The molecule has 5 nitrogen and oxygen atoms in total. The first kappa shape index (κ1) is 19.7. The van der Waals surface area contributed by atoms with Crippen LogP contribution >= 0.6 is 0 Å². The van der Waals surface area contributed by atoms with Crippen LogP contribution < -0.4 is 5.32 Å². The first-order valence-corrected chi connectivity index (χ1v) is 9.35. The number of aliphatic hydroxyl groups is 1. The number of amides is 2. The second-order valence-corrected chi connectivity index (χ2v) is 7.30. The lowest BCUT2D eigenvalue weighted by Gasteiger charge is -2.32. The Bertz CT molecular complexity index is 513. The van der Waals surface area contributed by atoms with E-state index >= 15 is 0 Å². The first-order chi connectivity index (χ1) is 12.0. The van der Waals surface area contributed by atoms with Gasteiger partial charge in [-0.3, -0.25) is 0 Å². The average molecular weight is 348 g/mol. The number of rotatable bonds is 7. The summed E-state index contributed by atoms with van der Waals surface area (Å²) < 4.78 is 5.46. The van der Waals surface area contributed by atoms with Crippen molar-refractivity contribution in [1.82, 2.24) is 10.2 Å². The Morgan fingerprint density at radius 2 is 1.88 bits per heavy atom. The van der Waals surface area contributed by atoms with Crippen LogP contribution in [0, 0.1) is 5.92 Å². The molecule has 0 bridgehead atoms. The molecule has 0 saturated carbocycles. The second kappa shape index (κ2) is 9.78. The van der Waals surface area contributed by atoms with E-state index in [4.69, 9.17) is 4.74 Å². The summed E-state index contributed by atoms with van der Waals surface area (Å²) in [5.41, 5.74) is 1.13. The molecular weight excluding hydrogens is 316 g/mol. The van der Waals surface area contributed by atoms with E-state index in [2.05, 4.69) is 17.4 Å². The molecule has 0 radical (unpaired) electrons. The van der Waals surface area contributed by atoms with E-state index in [-0.39, 0.29) is 18.1 Å². The van der Waals surface area contributed by atoms with Crippen LogP contribution in [0.15, 0.2) is 30.3 Å². The lowest BCUT2D eigenvalue weighted by Crippen LogP contribution is -2.48. The van der Waals surface area contributed by atoms with Crippen LogP contribution in [0.5, 0.6) is 0 Å². The van der Waals surface area contributed by atoms with Crippen molar-refractivity contribution in [2.75, 3.05) is 19.8 Å². The number of carbonyl (C=O) groups is 1. The lowest BCUT2D eigenvalue weighted by molar-refractivity contribution is 0.0602. The van der Waals surface area contributed by atoms with Crippen LogP contribution in [0.4, 0.5) is 4.79 Å². The van der Waals surface area contributed by atoms with Gasteiger partial charge in [0.2, 0.25) is 0 Å². The van der Waals surface area contributed by atoms with Crippen molar-refractivity contribution >= 4 is 6.03 Å². The van der Waals surface area contributed by atoms with Crippen molar-refractivity contribution in [3.63, 3.8) is 0 Å². The Hall–Kier alpha value is -1.59. The minimum absolute atomic E-state index is 0.0213. The summed E-state index contributed by atoms with van der Waals surface area (Å²) in [5.74, 6) is 0.559. The number of benzene rings is 1. The van der Waals surface area contributed by atoms with Gasteiger partial charge in [0.05, 0.1) is 12.1 Å². The number of hydrogen-bond acceptors (Lipinski definition) is 3. The predicted octanol–water partition coefficient (Wildman–Crippen LogP) is 3.35. The fourth-order valence-electron chi connectivity index (χ4n) is 3.32. The zero-order valence-corrected chi connectivity index (χ0v) is 15.6. The van der Waals surface area contributed by atoms with Gasteiger partial charge in [-0.25, -0.2) is 4.79 Å². The maximum atomic E-state index is 12.8. The molecule has 1 aliphatic heterocycles. The molecule has 140 valence electrons. The highest BCUT2D eigenvalue weighted by Crippen LogP contribution is 2.28. The van der Waals surface area contributed by atoms with E-state index in [9.17, 15) is 9.90 Å². The maximum Gasteiger partial charge on any atom is 0.318 e. The van der Waals surface area contributed by atoms with Gasteiger partial charge >= 0.3 is 6.03 Å². The van der Waals surface area contributed by atoms with Gasteiger partial charge in [0, 0.05) is 25.8 Å². The van der Waals surface area contributed by atoms with Crippen molar-refractivity contribution in [3.05, 3.63) is 35.9 Å². The molecule has 2 rings (SSSR count). The van der Waals surface area contributed by atoms with Crippen molar-refractivity contribution in [2.24, 2.45) is 5.92 Å². The number of ether oxygens (including phenoxy) is 1. The first-order valence-electron chi connectivity index (χ1n) is 9.35. The highest BCUT2D eigenvalue weighted by Gasteiger charge is 2.25. The van der Waals surface area contributed by atoms with Gasteiger partial charge in [0.25, 0.3) is 0 Å². The van der Waals surface area contributed by atoms with Crippen LogP contribution in [-0.4, -0.2) is 47.9 Å². The third-order valence-corrected chi connectivity index (χ3v) is 4.75. The number of hydrogen-bond donors (Lipinski definition) is 2. The topological polar surface area (TPSA) is 61.8 Å². The Labute approximate surface area is 151 Å². The summed E-state index contributed by atoms with van der Waals surface area (Å²) in [5, 5.41) is 12.9. The van der Waals surface area contributed by atoms with Gasteiger partial charge in [0.15, 0.2) is 0 Å². The van der Waals surface area contributed by atoms with Gasteiger partial charge < -0.3 is 20.1 Å². The monoisotopic (exact) mass is 348 g/mol. The molecule has 25 heavy (non-hydrogen) atoms. The van der Waals surface area contributed by atoms with E-state index in [0.29, 0.717) is 12.5 Å². The molecule has 1 saturated heterocycles.